The fourth-order valence-corrected chi connectivity index (χ4v) is 1.91. The molecule has 0 heterocycles. The number of rotatable bonds is 3. The minimum absolute atomic E-state index is 0.569. The average Bonchev–Trinajstić information content (AvgIpc) is 2.39. The number of benzene rings is 2. The van der Waals surface area contributed by atoms with Crippen molar-refractivity contribution in [3.05, 3.63) is 53.1 Å². The molecule has 0 radical (unpaired) electrons. The second-order valence-electron chi connectivity index (χ2n) is 4.37. The van der Waals surface area contributed by atoms with Crippen LogP contribution in [0.3, 0.4) is 0 Å². The van der Waals surface area contributed by atoms with Gasteiger partial charge < -0.3 is 10.2 Å². The van der Waals surface area contributed by atoms with Crippen LogP contribution in [0.5, 0.6) is 0 Å². The van der Waals surface area contributed by atoms with E-state index in [0.29, 0.717) is 16.3 Å². The van der Waals surface area contributed by atoms with Crippen molar-refractivity contribution in [2.45, 2.75) is 0 Å². The molecule has 0 spiro atoms. The van der Waals surface area contributed by atoms with Crippen molar-refractivity contribution >= 4 is 28.7 Å². The van der Waals surface area contributed by atoms with Crippen LogP contribution in [-0.2, 0) is 0 Å². The van der Waals surface area contributed by atoms with Gasteiger partial charge in [-0.3, -0.25) is 0 Å². The molecular weight excluding hydrogens is 258 g/mol. The highest BCUT2D eigenvalue weighted by Crippen LogP contribution is 2.26. The summed E-state index contributed by atoms with van der Waals surface area (Å²) in [5.41, 5.74) is 3.29. The predicted molar refractivity (Wildman–Crippen MR) is 80.2 cm³/mol. The molecule has 4 heteroatoms. The normalized spacial score (nSPS) is 9.79. The number of nitrogens with one attached hydrogen (secondary N) is 1. The molecule has 2 rings (SSSR count). The second kappa shape index (κ2) is 5.64. The molecule has 0 aliphatic carbocycles. The number of halogens is 1. The van der Waals surface area contributed by atoms with Gasteiger partial charge in [0, 0.05) is 30.5 Å². The van der Waals surface area contributed by atoms with Crippen LogP contribution >= 0.6 is 11.6 Å². The van der Waals surface area contributed by atoms with Crippen molar-refractivity contribution in [2.24, 2.45) is 0 Å². The van der Waals surface area contributed by atoms with Crippen molar-refractivity contribution in [3.8, 4) is 6.07 Å². The molecule has 0 unspecified atom stereocenters. The van der Waals surface area contributed by atoms with E-state index in [1.165, 1.54) is 0 Å². The number of nitriles is 1. The van der Waals surface area contributed by atoms with Gasteiger partial charge in [-0.2, -0.15) is 5.26 Å². The molecule has 0 saturated carbocycles. The zero-order chi connectivity index (χ0) is 13.8. The Morgan fingerprint density at radius 3 is 2.63 bits per heavy atom. The van der Waals surface area contributed by atoms with E-state index in [1.54, 1.807) is 18.2 Å². The summed E-state index contributed by atoms with van der Waals surface area (Å²) < 4.78 is 0. The lowest BCUT2D eigenvalue weighted by Crippen LogP contribution is -2.08. The summed E-state index contributed by atoms with van der Waals surface area (Å²) in [5.74, 6) is 0. The summed E-state index contributed by atoms with van der Waals surface area (Å²) in [7, 11) is 3.97. The van der Waals surface area contributed by atoms with E-state index in [2.05, 4.69) is 11.4 Å². The summed E-state index contributed by atoms with van der Waals surface area (Å²) >= 11 is 5.96. The third-order valence-corrected chi connectivity index (χ3v) is 2.98. The van der Waals surface area contributed by atoms with E-state index in [-0.39, 0.29) is 0 Å². The average molecular weight is 272 g/mol. The van der Waals surface area contributed by atoms with E-state index < -0.39 is 0 Å². The first-order valence-electron chi connectivity index (χ1n) is 5.84. The van der Waals surface area contributed by atoms with Crippen LogP contribution in [0.1, 0.15) is 5.56 Å². The van der Waals surface area contributed by atoms with Gasteiger partial charge in [-0.25, -0.2) is 0 Å². The van der Waals surface area contributed by atoms with E-state index in [0.717, 1.165) is 11.4 Å². The van der Waals surface area contributed by atoms with Gasteiger partial charge >= 0.3 is 0 Å². The molecular formula is C15H14ClN3. The Morgan fingerprint density at radius 2 is 1.95 bits per heavy atom. The van der Waals surface area contributed by atoms with Crippen LogP contribution in [0.2, 0.25) is 5.02 Å². The zero-order valence-electron chi connectivity index (χ0n) is 10.8. The monoisotopic (exact) mass is 271 g/mol. The molecule has 0 aromatic heterocycles. The van der Waals surface area contributed by atoms with Crippen LogP contribution in [0.25, 0.3) is 0 Å². The maximum absolute atomic E-state index is 9.09. The molecule has 0 atom stereocenters. The van der Waals surface area contributed by atoms with E-state index in [9.17, 15) is 0 Å². The topological polar surface area (TPSA) is 39.1 Å². The SMILES string of the molecule is CN(C)c1cccc(Nc2cc(Cl)ccc2C#N)c1. The first-order chi connectivity index (χ1) is 9.10. The van der Waals surface area contributed by atoms with Crippen LogP contribution in [0, 0.1) is 11.3 Å². The quantitative estimate of drug-likeness (QED) is 0.916. The van der Waals surface area contributed by atoms with E-state index in [4.69, 9.17) is 16.9 Å². The van der Waals surface area contributed by atoms with Crippen molar-refractivity contribution in [2.75, 3.05) is 24.3 Å². The van der Waals surface area contributed by atoms with Crippen LogP contribution < -0.4 is 10.2 Å². The Kier molecular flexibility index (Phi) is 3.94. The summed E-state index contributed by atoms with van der Waals surface area (Å²) in [4.78, 5) is 2.02. The Labute approximate surface area is 118 Å². The van der Waals surface area contributed by atoms with Crippen molar-refractivity contribution in [1.29, 1.82) is 5.26 Å². The lowest BCUT2D eigenvalue weighted by Gasteiger charge is -2.15. The Morgan fingerprint density at radius 1 is 1.16 bits per heavy atom. The molecule has 2 aromatic rings. The van der Waals surface area contributed by atoms with E-state index in [1.807, 2.05) is 43.3 Å². The zero-order valence-corrected chi connectivity index (χ0v) is 11.6. The first-order valence-corrected chi connectivity index (χ1v) is 6.22. The molecule has 0 saturated heterocycles. The van der Waals surface area contributed by atoms with Crippen LogP contribution in [0.15, 0.2) is 42.5 Å². The minimum atomic E-state index is 0.569. The van der Waals surface area contributed by atoms with Gasteiger partial charge in [0.2, 0.25) is 0 Å². The van der Waals surface area contributed by atoms with Crippen molar-refractivity contribution < 1.29 is 0 Å². The summed E-state index contributed by atoms with van der Waals surface area (Å²) in [6.07, 6.45) is 0. The summed E-state index contributed by atoms with van der Waals surface area (Å²) in [5, 5.41) is 12.9. The highest BCUT2D eigenvalue weighted by molar-refractivity contribution is 6.30. The highest BCUT2D eigenvalue weighted by atomic mass is 35.5. The molecule has 0 aliphatic heterocycles. The van der Waals surface area contributed by atoms with Crippen LogP contribution in [0.4, 0.5) is 17.1 Å². The maximum Gasteiger partial charge on any atom is 0.101 e. The smallest absolute Gasteiger partial charge is 0.101 e. The molecule has 0 amide bonds. The summed E-state index contributed by atoms with van der Waals surface area (Å²) in [6.45, 7) is 0. The second-order valence-corrected chi connectivity index (χ2v) is 4.81. The van der Waals surface area contributed by atoms with Crippen LogP contribution in [-0.4, -0.2) is 14.1 Å². The molecule has 3 nitrogen and oxygen atoms in total. The molecule has 0 fully saturated rings. The molecule has 0 bridgehead atoms. The third kappa shape index (κ3) is 3.18. The molecule has 96 valence electrons. The van der Waals surface area contributed by atoms with Gasteiger partial charge in [0.1, 0.15) is 6.07 Å². The first kappa shape index (κ1) is 13.3. The third-order valence-electron chi connectivity index (χ3n) is 2.74. The predicted octanol–water partition coefficient (Wildman–Crippen LogP) is 4.02. The van der Waals surface area contributed by atoms with Crippen molar-refractivity contribution in [3.63, 3.8) is 0 Å². The maximum atomic E-state index is 9.09. The molecule has 0 aliphatic rings. The van der Waals surface area contributed by atoms with Gasteiger partial charge in [-0.15, -0.1) is 0 Å². The summed E-state index contributed by atoms with van der Waals surface area (Å²) in [6, 6.07) is 15.3. The Balaban J connectivity index is 2.33. The number of nitrogens with zero attached hydrogens (tertiary/aromatic N) is 2. The molecule has 2 aromatic carbocycles. The Bertz CT molecular complexity index is 630. The van der Waals surface area contributed by atoms with E-state index >= 15 is 0 Å². The fraction of sp³-hybridized carbons (Fsp3) is 0.133. The number of hydrogen-bond donors (Lipinski definition) is 1. The van der Waals surface area contributed by atoms with Gasteiger partial charge in [0.05, 0.1) is 11.3 Å². The fourth-order valence-electron chi connectivity index (χ4n) is 1.73. The number of hydrogen-bond acceptors (Lipinski definition) is 3. The highest BCUT2D eigenvalue weighted by Gasteiger charge is 2.04. The molecule has 19 heavy (non-hydrogen) atoms. The Hall–Kier alpha value is -2.18. The van der Waals surface area contributed by atoms with Gasteiger partial charge in [-0.05, 0) is 36.4 Å². The van der Waals surface area contributed by atoms with Gasteiger partial charge in [0.25, 0.3) is 0 Å². The number of anilines is 3. The van der Waals surface area contributed by atoms with Gasteiger partial charge in [-0.1, -0.05) is 17.7 Å². The standard InChI is InChI=1S/C15H14ClN3/c1-19(2)14-5-3-4-13(9-14)18-15-8-12(16)7-6-11(15)10-17/h3-9,18H,1-2H3. The van der Waals surface area contributed by atoms with Gasteiger partial charge in [0.15, 0.2) is 0 Å². The molecule has 1 N–H and O–H groups in total. The van der Waals surface area contributed by atoms with Crippen molar-refractivity contribution in [1.82, 2.24) is 0 Å². The lowest BCUT2D eigenvalue weighted by atomic mass is 10.2. The lowest BCUT2D eigenvalue weighted by molar-refractivity contribution is 1.13. The minimum Gasteiger partial charge on any atom is -0.378 e. The largest absolute Gasteiger partial charge is 0.378 e.